The van der Waals surface area contributed by atoms with Crippen LogP contribution in [0.5, 0.6) is 5.75 Å². The number of methoxy groups -OCH3 is 2. The molecule has 0 radical (unpaired) electrons. The molecule has 3 aromatic rings. The van der Waals surface area contributed by atoms with Crippen molar-refractivity contribution in [2.45, 2.75) is 46.2 Å². The summed E-state index contributed by atoms with van der Waals surface area (Å²) in [4.78, 5) is 42.7. The number of esters is 1. The van der Waals surface area contributed by atoms with Crippen LogP contribution in [0.25, 0.3) is 11.3 Å². The highest BCUT2D eigenvalue weighted by Gasteiger charge is 2.26. The summed E-state index contributed by atoms with van der Waals surface area (Å²) in [5.41, 5.74) is 6.90. The third kappa shape index (κ3) is 6.81. The molecule has 1 fully saturated rings. The van der Waals surface area contributed by atoms with Crippen LogP contribution in [0.1, 0.15) is 64.4 Å². The molecule has 0 aromatic heterocycles. The highest BCUT2D eigenvalue weighted by atomic mass is 16.5. The van der Waals surface area contributed by atoms with E-state index in [0.717, 1.165) is 53.9 Å². The molecular weight excluding hydrogens is 542 g/mol. The van der Waals surface area contributed by atoms with Crippen molar-refractivity contribution in [3.8, 4) is 5.75 Å². The van der Waals surface area contributed by atoms with Gasteiger partial charge in [0, 0.05) is 24.4 Å². The third-order valence-electron chi connectivity index (χ3n) is 8.26. The molecule has 5 rings (SSSR count). The minimum absolute atomic E-state index is 0.122. The Labute approximate surface area is 253 Å². The number of piperidine rings is 1. The summed E-state index contributed by atoms with van der Waals surface area (Å²) in [7, 11) is 2.96. The molecule has 0 atom stereocenters. The number of allylic oxidation sites excluding steroid dienone is 1. The number of carbonyl (C=O) groups excluding carboxylic acids is 3. The van der Waals surface area contributed by atoms with Gasteiger partial charge in [0.1, 0.15) is 5.75 Å². The minimum atomic E-state index is -0.432. The van der Waals surface area contributed by atoms with Crippen molar-refractivity contribution >= 4 is 34.6 Å². The van der Waals surface area contributed by atoms with Crippen molar-refractivity contribution in [3.63, 3.8) is 0 Å². The number of amides is 1. The summed E-state index contributed by atoms with van der Waals surface area (Å²) in [6.45, 7) is 7.04. The Morgan fingerprint density at radius 1 is 0.837 bits per heavy atom. The second-order valence-electron chi connectivity index (χ2n) is 11.3. The van der Waals surface area contributed by atoms with Gasteiger partial charge in [-0.15, -0.1) is 0 Å². The molecule has 0 bridgehead atoms. The standard InChI is InChI=1S/C35H39N3O5/c1-23-18-26(35(41)43-4)11-15-31(23)33(24(2)39)34(25-9-13-30(42-3)14-10-25)36-29-12-8-27-20-38(21-28(27)19-29)32(40)22-37-16-6-5-7-17-37/h8-15,18-19,36H,5-7,16-17,20-22H2,1-4H3/b34-33+. The first-order valence-electron chi connectivity index (χ1n) is 14.7. The Balaban J connectivity index is 1.48. The smallest absolute Gasteiger partial charge is 0.337 e. The van der Waals surface area contributed by atoms with E-state index in [2.05, 4.69) is 22.3 Å². The molecule has 8 heteroatoms. The number of hydrogen-bond acceptors (Lipinski definition) is 7. The number of likely N-dealkylation sites (tertiary alicyclic amines) is 1. The monoisotopic (exact) mass is 581 g/mol. The van der Waals surface area contributed by atoms with Gasteiger partial charge in [0.2, 0.25) is 5.91 Å². The van der Waals surface area contributed by atoms with Crippen molar-refractivity contribution < 1.29 is 23.9 Å². The fourth-order valence-electron chi connectivity index (χ4n) is 5.93. The molecular formula is C35H39N3O5. The molecule has 8 nitrogen and oxygen atoms in total. The van der Waals surface area contributed by atoms with Crippen LogP contribution in [0.3, 0.4) is 0 Å². The Morgan fingerprint density at radius 3 is 2.19 bits per heavy atom. The van der Waals surface area contributed by atoms with Crippen molar-refractivity contribution in [2.24, 2.45) is 0 Å². The Hall–Kier alpha value is -4.43. The van der Waals surface area contributed by atoms with E-state index >= 15 is 0 Å². The average molecular weight is 582 g/mol. The molecule has 0 spiro atoms. The zero-order valence-electron chi connectivity index (χ0n) is 25.4. The summed E-state index contributed by atoms with van der Waals surface area (Å²) in [5, 5.41) is 3.54. The highest BCUT2D eigenvalue weighted by molar-refractivity contribution is 6.28. The fourth-order valence-corrected chi connectivity index (χ4v) is 5.93. The highest BCUT2D eigenvalue weighted by Crippen LogP contribution is 2.34. The van der Waals surface area contributed by atoms with Gasteiger partial charge in [0.15, 0.2) is 5.78 Å². The number of ether oxygens (including phenoxy) is 2. The third-order valence-corrected chi connectivity index (χ3v) is 8.26. The van der Waals surface area contributed by atoms with E-state index in [9.17, 15) is 14.4 Å². The number of nitrogens with zero attached hydrogens (tertiary/aromatic N) is 2. The number of rotatable bonds is 9. The van der Waals surface area contributed by atoms with E-state index in [-0.39, 0.29) is 11.7 Å². The maximum absolute atomic E-state index is 13.3. The van der Waals surface area contributed by atoms with E-state index in [1.54, 1.807) is 32.2 Å². The SMILES string of the molecule is COC(=O)c1ccc(/C(C(C)=O)=C(/Nc2ccc3c(c2)CN(C(=O)CN2CCCCC2)C3)c2ccc(OC)cc2)c(C)c1. The molecule has 1 saturated heterocycles. The van der Waals surface area contributed by atoms with Crippen LogP contribution in [0.15, 0.2) is 60.7 Å². The number of hydrogen-bond donors (Lipinski definition) is 1. The molecule has 2 heterocycles. The Morgan fingerprint density at radius 2 is 1.53 bits per heavy atom. The van der Waals surface area contributed by atoms with E-state index < -0.39 is 5.97 Å². The largest absolute Gasteiger partial charge is 0.497 e. The Bertz CT molecular complexity index is 1550. The summed E-state index contributed by atoms with van der Waals surface area (Å²) < 4.78 is 10.3. The van der Waals surface area contributed by atoms with Crippen molar-refractivity contribution in [1.82, 2.24) is 9.80 Å². The van der Waals surface area contributed by atoms with E-state index in [1.807, 2.05) is 42.2 Å². The van der Waals surface area contributed by atoms with Gasteiger partial charge >= 0.3 is 5.97 Å². The van der Waals surface area contributed by atoms with Crippen LogP contribution in [0.4, 0.5) is 5.69 Å². The normalized spacial score (nSPS) is 15.4. The fraction of sp³-hybridized carbons (Fsp3) is 0.343. The second-order valence-corrected chi connectivity index (χ2v) is 11.3. The maximum Gasteiger partial charge on any atom is 0.337 e. The van der Waals surface area contributed by atoms with E-state index in [1.165, 1.54) is 13.5 Å². The predicted octanol–water partition coefficient (Wildman–Crippen LogP) is 5.69. The molecule has 0 saturated carbocycles. The summed E-state index contributed by atoms with van der Waals surface area (Å²) in [6.07, 6.45) is 3.56. The van der Waals surface area contributed by atoms with Crippen molar-refractivity contribution in [1.29, 1.82) is 0 Å². The number of nitrogens with one attached hydrogen (secondary N) is 1. The lowest BCUT2D eigenvalue weighted by Gasteiger charge is -2.27. The molecule has 2 aliphatic heterocycles. The van der Waals surface area contributed by atoms with Crippen molar-refractivity contribution in [3.05, 3.63) is 94.0 Å². The summed E-state index contributed by atoms with van der Waals surface area (Å²) in [6, 6.07) is 18.9. The first kappa shape index (κ1) is 30.0. The van der Waals surface area contributed by atoms with Crippen LogP contribution in [0.2, 0.25) is 0 Å². The number of anilines is 1. The number of benzene rings is 3. The average Bonchev–Trinajstić information content (AvgIpc) is 3.45. The lowest BCUT2D eigenvalue weighted by Crippen LogP contribution is -2.40. The molecule has 0 aliphatic carbocycles. The second kappa shape index (κ2) is 13.3. The van der Waals surface area contributed by atoms with Gasteiger partial charge in [-0.3, -0.25) is 14.5 Å². The number of ketones is 1. The van der Waals surface area contributed by atoms with E-state index in [4.69, 9.17) is 9.47 Å². The predicted molar refractivity (Wildman–Crippen MR) is 168 cm³/mol. The Kier molecular flexibility index (Phi) is 9.26. The zero-order chi connectivity index (χ0) is 30.5. The van der Waals surface area contributed by atoms with Gasteiger partial charge in [-0.25, -0.2) is 4.79 Å². The molecule has 2 aliphatic rings. The first-order valence-corrected chi connectivity index (χ1v) is 14.7. The number of carbonyl (C=O) groups is 3. The number of aryl methyl sites for hydroxylation is 1. The molecule has 1 N–H and O–H groups in total. The lowest BCUT2D eigenvalue weighted by molar-refractivity contribution is -0.133. The minimum Gasteiger partial charge on any atom is -0.497 e. The first-order chi connectivity index (χ1) is 20.8. The van der Waals surface area contributed by atoms with Gasteiger partial charge in [0.25, 0.3) is 0 Å². The summed E-state index contributed by atoms with van der Waals surface area (Å²) in [5.74, 6) is 0.315. The van der Waals surface area contributed by atoms with Gasteiger partial charge in [-0.2, -0.15) is 0 Å². The molecule has 43 heavy (non-hydrogen) atoms. The van der Waals surface area contributed by atoms with Crippen LogP contribution < -0.4 is 10.1 Å². The number of Topliss-reactive ketones (excluding diaryl/α,β-unsaturated/α-hetero) is 1. The quantitative estimate of drug-likeness (QED) is 0.197. The van der Waals surface area contributed by atoms with Gasteiger partial charge < -0.3 is 19.7 Å². The van der Waals surface area contributed by atoms with E-state index in [0.29, 0.717) is 47.8 Å². The van der Waals surface area contributed by atoms with Crippen LogP contribution in [-0.4, -0.2) is 61.3 Å². The molecule has 0 unspecified atom stereocenters. The summed E-state index contributed by atoms with van der Waals surface area (Å²) >= 11 is 0. The lowest BCUT2D eigenvalue weighted by atomic mass is 9.92. The number of fused-ring (bicyclic) bond motifs is 1. The maximum atomic E-state index is 13.3. The van der Waals surface area contributed by atoms with Crippen molar-refractivity contribution in [2.75, 3.05) is 39.2 Å². The van der Waals surface area contributed by atoms with Gasteiger partial charge in [-0.1, -0.05) is 18.6 Å². The van der Waals surface area contributed by atoms with Crippen LogP contribution >= 0.6 is 0 Å². The van der Waals surface area contributed by atoms with Crippen LogP contribution in [0, 0.1) is 6.92 Å². The van der Waals surface area contributed by atoms with Gasteiger partial charge in [-0.05, 0) is 116 Å². The molecule has 3 aromatic carbocycles. The topological polar surface area (TPSA) is 88.2 Å². The molecule has 1 amide bonds. The van der Waals surface area contributed by atoms with Gasteiger partial charge in [0.05, 0.1) is 32.0 Å². The van der Waals surface area contributed by atoms with Crippen LogP contribution in [-0.2, 0) is 27.4 Å². The molecule has 224 valence electrons. The zero-order valence-corrected chi connectivity index (χ0v) is 25.4.